The van der Waals surface area contributed by atoms with Gasteiger partial charge in [0.2, 0.25) is 0 Å². The highest BCUT2D eigenvalue weighted by atomic mass is 28.4. The third-order valence-corrected chi connectivity index (χ3v) is 5.65. The summed E-state index contributed by atoms with van der Waals surface area (Å²) >= 11 is 0. The van der Waals surface area contributed by atoms with E-state index in [9.17, 15) is 0 Å². The molecular formula is C14H26N2O3Si. The zero-order valence-electron chi connectivity index (χ0n) is 12.6. The first-order chi connectivity index (χ1) is 9.62. The van der Waals surface area contributed by atoms with Crippen molar-refractivity contribution in [1.82, 2.24) is 5.32 Å². The number of benzene rings is 1. The third kappa shape index (κ3) is 6.13. The largest absolute Gasteiger partial charge is 0.500 e. The summed E-state index contributed by atoms with van der Waals surface area (Å²) in [5.41, 5.74) is 6.74. The minimum absolute atomic E-state index is 0.0379. The minimum atomic E-state index is -2.58. The van der Waals surface area contributed by atoms with Crippen LogP contribution in [0.1, 0.15) is 19.4 Å². The summed E-state index contributed by atoms with van der Waals surface area (Å²) in [5, 5.41) is 3.10. The van der Waals surface area contributed by atoms with Gasteiger partial charge in [-0.25, -0.2) is 0 Å². The normalized spacial score (nSPS) is 15.8. The molecule has 0 aliphatic carbocycles. The van der Waals surface area contributed by atoms with Gasteiger partial charge >= 0.3 is 8.80 Å². The highest BCUT2D eigenvalue weighted by Crippen LogP contribution is 2.16. The van der Waals surface area contributed by atoms with Gasteiger partial charge in [0.1, 0.15) is 0 Å². The molecule has 0 radical (unpaired) electrons. The second-order valence-electron chi connectivity index (χ2n) is 4.61. The fraction of sp³-hybridized carbons (Fsp3) is 0.571. The molecular weight excluding hydrogens is 272 g/mol. The molecule has 0 aromatic heterocycles. The second kappa shape index (κ2) is 9.22. The molecule has 0 aliphatic heterocycles. The van der Waals surface area contributed by atoms with E-state index in [1.807, 2.05) is 44.2 Å². The molecule has 0 saturated heterocycles. The lowest BCUT2D eigenvalue weighted by Crippen LogP contribution is -2.46. The van der Waals surface area contributed by atoms with Crippen LogP contribution >= 0.6 is 0 Å². The Bertz CT molecular complexity index is 359. The van der Waals surface area contributed by atoms with Crippen LogP contribution < -0.4 is 11.1 Å². The molecule has 6 heteroatoms. The Morgan fingerprint density at radius 1 is 1.25 bits per heavy atom. The van der Waals surface area contributed by atoms with Crippen LogP contribution in [-0.4, -0.2) is 35.2 Å². The SMILES string of the molecule is CC[Si](OC)(OCCNC(C)N)OCc1ccccc1. The summed E-state index contributed by atoms with van der Waals surface area (Å²) in [6.45, 7) is 5.65. The zero-order valence-corrected chi connectivity index (χ0v) is 13.6. The maximum Gasteiger partial charge on any atom is 0.500 e. The first-order valence-corrected chi connectivity index (χ1v) is 8.91. The molecule has 114 valence electrons. The van der Waals surface area contributed by atoms with Gasteiger partial charge < -0.3 is 24.3 Å². The van der Waals surface area contributed by atoms with E-state index in [4.69, 9.17) is 19.0 Å². The number of nitrogens with one attached hydrogen (secondary N) is 1. The van der Waals surface area contributed by atoms with Crippen LogP contribution in [0.4, 0.5) is 0 Å². The summed E-state index contributed by atoms with van der Waals surface area (Å²) < 4.78 is 17.4. The van der Waals surface area contributed by atoms with E-state index in [0.717, 1.165) is 11.6 Å². The number of nitrogens with two attached hydrogens (primary N) is 1. The van der Waals surface area contributed by atoms with Crippen molar-refractivity contribution >= 4 is 8.80 Å². The molecule has 0 spiro atoms. The molecule has 0 fully saturated rings. The summed E-state index contributed by atoms with van der Waals surface area (Å²) in [5.74, 6) is 0. The van der Waals surface area contributed by atoms with Gasteiger partial charge in [-0.15, -0.1) is 0 Å². The van der Waals surface area contributed by atoms with Crippen LogP contribution in [0.25, 0.3) is 0 Å². The molecule has 0 bridgehead atoms. The van der Waals surface area contributed by atoms with Gasteiger partial charge in [-0.1, -0.05) is 37.3 Å². The van der Waals surface area contributed by atoms with Crippen LogP contribution in [0, 0.1) is 0 Å². The van der Waals surface area contributed by atoms with Gasteiger partial charge in [-0.2, -0.15) is 0 Å². The van der Waals surface area contributed by atoms with E-state index in [0.29, 0.717) is 19.8 Å². The fourth-order valence-corrected chi connectivity index (χ4v) is 3.58. The number of hydrogen-bond acceptors (Lipinski definition) is 5. The van der Waals surface area contributed by atoms with Crippen molar-refractivity contribution in [3.8, 4) is 0 Å². The van der Waals surface area contributed by atoms with Crippen LogP contribution in [0.5, 0.6) is 0 Å². The van der Waals surface area contributed by atoms with Crippen molar-refractivity contribution < 1.29 is 13.3 Å². The maximum absolute atomic E-state index is 5.96. The highest BCUT2D eigenvalue weighted by molar-refractivity contribution is 6.60. The van der Waals surface area contributed by atoms with Gasteiger partial charge in [0.15, 0.2) is 0 Å². The van der Waals surface area contributed by atoms with E-state index in [1.54, 1.807) is 7.11 Å². The highest BCUT2D eigenvalue weighted by Gasteiger charge is 2.37. The van der Waals surface area contributed by atoms with Gasteiger partial charge in [-0.05, 0) is 12.5 Å². The summed E-state index contributed by atoms with van der Waals surface area (Å²) in [6.07, 6.45) is -0.0379. The van der Waals surface area contributed by atoms with Crippen molar-refractivity contribution in [3.63, 3.8) is 0 Å². The van der Waals surface area contributed by atoms with Crippen molar-refractivity contribution in [2.45, 2.75) is 32.7 Å². The lowest BCUT2D eigenvalue weighted by molar-refractivity contribution is 0.0726. The van der Waals surface area contributed by atoms with Crippen molar-refractivity contribution in [2.75, 3.05) is 20.3 Å². The molecule has 0 heterocycles. The van der Waals surface area contributed by atoms with E-state index >= 15 is 0 Å². The summed E-state index contributed by atoms with van der Waals surface area (Å²) in [6, 6.07) is 10.8. The van der Waals surface area contributed by atoms with E-state index in [1.165, 1.54) is 0 Å². The summed E-state index contributed by atoms with van der Waals surface area (Å²) in [4.78, 5) is 0. The topological polar surface area (TPSA) is 65.7 Å². The Hall–Kier alpha value is -0.763. The van der Waals surface area contributed by atoms with E-state index < -0.39 is 8.80 Å². The predicted molar refractivity (Wildman–Crippen MR) is 82.1 cm³/mol. The fourth-order valence-electron chi connectivity index (χ4n) is 1.77. The summed E-state index contributed by atoms with van der Waals surface area (Å²) in [7, 11) is -0.927. The molecule has 1 aromatic rings. The lowest BCUT2D eigenvalue weighted by Gasteiger charge is -2.27. The standard InChI is InChI=1S/C14H26N2O3Si/c1-4-20(17-3,18-11-10-16-13(2)15)19-12-14-8-6-5-7-9-14/h5-9,13,16H,4,10-12,15H2,1-3H3. The predicted octanol–water partition coefficient (Wildman–Crippen LogP) is 1.72. The van der Waals surface area contributed by atoms with Crippen molar-refractivity contribution in [1.29, 1.82) is 0 Å². The van der Waals surface area contributed by atoms with Gasteiger partial charge in [0.25, 0.3) is 0 Å². The molecule has 2 atom stereocenters. The average Bonchev–Trinajstić information content (AvgIpc) is 2.48. The second-order valence-corrected chi connectivity index (χ2v) is 7.66. The van der Waals surface area contributed by atoms with Gasteiger partial charge in [0.05, 0.1) is 19.4 Å². The Morgan fingerprint density at radius 3 is 2.50 bits per heavy atom. The van der Waals surface area contributed by atoms with Gasteiger partial charge in [0, 0.05) is 19.7 Å². The van der Waals surface area contributed by atoms with Crippen molar-refractivity contribution in [2.24, 2.45) is 5.73 Å². The van der Waals surface area contributed by atoms with Gasteiger partial charge in [-0.3, -0.25) is 0 Å². The monoisotopic (exact) mass is 298 g/mol. The number of hydrogen-bond donors (Lipinski definition) is 2. The first kappa shape index (κ1) is 17.3. The molecule has 0 amide bonds. The zero-order chi connectivity index (χ0) is 14.8. The molecule has 20 heavy (non-hydrogen) atoms. The molecule has 2 unspecified atom stereocenters. The molecule has 1 rings (SSSR count). The average molecular weight is 298 g/mol. The van der Waals surface area contributed by atoms with Crippen LogP contribution in [-0.2, 0) is 19.9 Å². The Labute approximate surface area is 122 Å². The van der Waals surface area contributed by atoms with Crippen LogP contribution in [0.15, 0.2) is 30.3 Å². The van der Waals surface area contributed by atoms with Crippen molar-refractivity contribution in [3.05, 3.63) is 35.9 Å². The first-order valence-electron chi connectivity index (χ1n) is 6.98. The molecule has 0 saturated carbocycles. The van der Waals surface area contributed by atoms with E-state index in [2.05, 4.69) is 5.32 Å². The lowest BCUT2D eigenvalue weighted by atomic mass is 10.2. The number of rotatable bonds is 10. The quantitative estimate of drug-likeness (QED) is 0.391. The Kier molecular flexibility index (Phi) is 7.97. The van der Waals surface area contributed by atoms with Crippen LogP contribution in [0.2, 0.25) is 6.04 Å². The molecule has 0 aliphatic rings. The minimum Gasteiger partial charge on any atom is -0.377 e. The Balaban J connectivity index is 2.44. The van der Waals surface area contributed by atoms with Crippen LogP contribution in [0.3, 0.4) is 0 Å². The van der Waals surface area contributed by atoms with E-state index in [-0.39, 0.29) is 6.17 Å². The molecule has 5 nitrogen and oxygen atoms in total. The molecule has 1 aromatic carbocycles. The maximum atomic E-state index is 5.96. The Morgan fingerprint density at radius 2 is 1.95 bits per heavy atom. The smallest absolute Gasteiger partial charge is 0.377 e. The molecule has 3 N–H and O–H groups in total. The third-order valence-electron chi connectivity index (χ3n) is 2.94.